The van der Waals surface area contributed by atoms with E-state index < -0.39 is 0 Å². The molecule has 0 aromatic heterocycles. The Morgan fingerprint density at radius 2 is 2.29 bits per heavy atom. The molecule has 0 fully saturated rings. The molecule has 1 unspecified atom stereocenters. The van der Waals surface area contributed by atoms with Crippen LogP contribution in [0.2, 0.25) is 0 Å². The molecule has 0 aromatic rings. The number of hydrogen-bond acceptors (Lipinski definition) is 4. The number of aliphatic hydroxyl groups is 1. The van der Waals surface area contributed by atoms with Gasteiger partial charge in [0.15, 0.2) is 0 Å². The summed E-state index contributed by atoms with van der Waals surface area (Å²) in [6.07, 6.45) is 4.86. The average molecular weight is 201 g/mol. The Morgan fingerprint density at radius 3 is 2.43 bits per heavy atom. The van der Waals surface area contributed by atoms with Gasteiger partial charge in [0.05, 0.1) is 12.6 Å². The quantitative estimate of drug-likeness (QED) is 0.649. The predicted octanol–water partition coefficient (Wildman–Crippen LogP) is 0.812. The summed E-state index contributed by atoms with van der Waals surface area (Å²) in [6, 6.07) is 0.292. The van der Waals surface area contributed by atoms with E-state index in [-0.39, 0.29) is 12.2 Å². The number of rotatable bonds is 2. The van der Waals surface area contributed by atoms with Crippen LogP contribution < -0.4 is 5.32 Å². The van der Waals surface area contributed by atoms with Crippen molar-refractivity contribution in [2.75, 3.05) is 6.61 Å². The van der Waals surface area contributed by atoms with E-state index in [1.165, 1.54) is 0 Å². The summed E-state index contributed by atoms with van der Waals surface area (Å²) in [6.45, 7) is 6.16. The largest absolute Gasteiger partial charge is 0.462 e. The average Bonchev–Trinajstić information content (AvgIpc) is 2.54. The molecule has 1 rings (SSSR count). The van der Waals surface area contributed by atoms with Crippen LogP contribution in [0, 0.1) is 0 Å². The summed E-state index contributed by atoms with van der Waals surface area (Å²) < 4.78 is 4.55. The fourth-order valence-corrected chi connectivity index (χ4v) is 0.776. The minimum absolute atomic E-state index is 0.243. The Balaban J connectivity index is 0.000000241. The molecule has 2 N–H and O–H groups in total. The van der Waals surface area contributed by atoms with Crippen LogP contribution in [0.25, 0.3) is 0 Å². The third-order valence-electron chi connectivity index (χ3n) is 1.49. The second kappa shape index (κ2) is 6.43. The Bertz CT molecular complexity index is 176. The Kier molecular flexibility index (Phi) is 5.95. The maximum atomic E-state index is 9.60. The molecule has 4 nitrogen and oxygen atoms in total. The zero-order chi connectivity index (χ0) is 11.0. The van der Waals surface area contributed by atoms with Crippen LogP contribution in [0.5, 0.6) is 0 Å². The normalized spacial score (nSPS) is 19.3. The van der Waals surface area contributed by atoms with Gasteiger partial charge in [0.2, 0.25) is 0 Å². The molecule has 0 aromatic carbocycles. The van der Waals surface area contributed by atoms with Gasteiger partial charge in [-0.25, -0.2) is 0 Å². The predicted molar refractivity (Wildman–Crippen MR) is 54.7 cm³/mol. The summed E-state index contributed by atoms with van der Waals surface area (Å²) in [7, 11) is 0. The first kappa shape index (κ1) is 13.0. The van der Waals surface area contributed by atoms with E-state index in [9.17, 15) is 4.79 Å². The van der Waals surface area contributed by atoms with Crippen molar-refractivity contribution in [3.05, 3.63) is 12.3 Å². The molecule has 0 saturated carbocycles. The van der Waals surface area contributed by atoms with E-state index in [2.05, 4.69) is 10.1 Å². The van der Waals surface area contributed by atoms with Gasteiger partial charge in [0, 0.05) is 0 Å². The van der Waals surface area contributed by atoms with Gasteiger partial charge in [-0.05, 0) is 33.4 Å². The van der Waals surface area contributed by atoms with E-state index in [1.54, 1.807) is 0 Å². The molecule has 0 aliphatic carbocycles. The van der Waals surface area contributed by atoms with Gasteiger partial charge in [-0.1, -0.05) is 6.08 Å². The molecule has 14 heavy (non-hydrogen) atoms. The zero-order valence-electron chi connectivity index (χ0n) is 8.99. The maximum absolute atomic E-state index is 9.60. The molecule has 4 heteroatoms. The second-order valence-corrected chi connectivity index (χ2v) is 4.01. The van der Waals surface area contributed by atoms with Crippen molar-refractivity contribution in [3.8, 4) is 0 Å². The van der Waals surface area contributed by atoms with Crippen LogP contribution in [0.4, 0.5) is 0 Å². The SMILES string of the molecule is CC(C)(C)OC=O.OCC1CC=CN1. The molecule has 1 heterocycles. The summed E-state index contributed by atoms with van der Waals surface area (Å²) >= 11 is 0. The van der Waals surface area contributed by atoms with Gasteiger partial charge in [-0.2, -0.15) is 0 Å². The minimum Gasteiger partial charge on any atom is -0.462 e. The first-order valence-electron chi connectivity index (χ1n) is 4.63. The lowest BCUT2D eigenvalue weighted by molar-refractivity contribution is -0.138. The summed E-state index contributed by atoms with van der Waals surface area (Å²) in [5.74, 6) is 0. The Labute approximate surface area is 85.0 Å². The molecule has 1 aliphatic heterocycles. The lowest BCUT2D eigenvalue weighted by Gasteiger charge is -2.14. The molecule has 0 spiro atoms. The highest BCUT2D eigenvalue weighted by Crippen LogP contribution is 2.02. The minimum atomic E-state index is -0.318. The van der Waals surface area contributed by atoms with Gasteiger partial charge in [0.1, 0.15) is 5.60 Å². The van der Waals surface area contributed by atoms with Crippen molar-refractivity contribution in [2.45, 2.75) is 38.8 Å². The van der Waals surface area contributed by atoms with E-state index in [1.807, 2.05) is 33.0 Å². The summed E-state index contributed by atoms with van der Waals surface area (Å²) in [5.41, 5.74) is -0.318. The number of carbonyl (C=O) groups is 1. The van der Waals surface area contributed by atoms with Crippen LogP contribution in [0.15, 0.2) is 12.3 Å². The van der Waals surface area contributed by atoms with Crippen molar-refractivity contribution in [1.29, 1.82) is 0 Å². The molecule has 0 bridgehead atoms. The molecule has 82 valence electrons. The van der Waals surface area contributed by atoms with Crippen molar-refractivity contribution in [2.24, 2.45) is 0 Å². The maximum Gasteiger partial charge on any atom is 0.293 e. The number of ether oxygens (including phenoxy) is 1. The smallest absolute Gasteiger partial charge is 0.293 e. The van der Waals surface area contributed by atoms with E-state index >= 15 is 0 Å². The van der Waals surface area contributed by atoms with Crippen molar-refractivity contribution >= 4 is 6.47 Å². The van der Waals surface area contributed by atoms with Gasteiger partial charge in [-0.3, -0.25) is 4.79 Å². The van der Waals surface area contributed by atoms with Crippen LogP contribution in [0.1, 0.15) is 27.2 Å². The second-order valence-electron chi connectivity index (χ2n) is 4.01. The van der Waals surface area contributed by atoms with Crippen molar-refractivity contribution < 1.29 is 14.6 Å². The lowest BCUT2D eigenvalue weighted by Crippen LogP contribution is -2.22. The van der Waals surface area contributed by atoms with Gasteiger partial charge in [0.25, 0.3) is 6.47 Å². The van der Waals surface area contributed by atoms with Crippen LogP contribution in [-0.4, -0.2) is 29.8 Å². The highest BCUT2D eigenvalue weighted by molar-refractivity contribution is 5.37. The molecule has 1 aliphatic rings. The summed E-state index contributed by atoms with van der Waals surface area (Å²) in [5, 5.41) is 11.4. The van der Waals surface area contributed by atoms with Crippen LogP contribution >= 0.6 is 0 Å². The van der Waals surface area contributed by atoms with Crippen LogP contribution in [-0.2, 0) is 9.53 Å². The lowest BCUT2D eigenvalue weighted by atomic mass is 10.2. The molecule has 1 atom stereocenters. The molecule has 0 radical (unpaired) electrons. The van der Waals surface area contributed by atoms with Crippen LogP contribution in [0.3, 0.4) is 0 Å². The first-order chi connectivity index (χ1) is 6.49. The first-order valence-corrected chi connectivity index (χ1v) is 4.63. The molecule has 0 saturated heterocycles. The summed E-state index contributed by atoms with van der Waals surface area (Å²) in [4.78, 5) is 9.60. The van der Waals surface area contributed by atoms with Crippen molar-refractivity contribution in [3.63, 3.8) is 0 Å². The fraction of sp³-hybridized carbons (Fsp3) is 0.700. The third kappa shape index (κ3) is 7.61. The molecular weight excluding hydrogens is 182 g/mol. The fourth-order valence-electron chi connectivity index (χ4n) is 0.776. The highest BCUT2D eigenvalue weighted by Gasteiger charge is 2.07. The Hall–Kier alpha value is -1.03. The number of carbonyl (C=O) groups excluding carboxylic acids is 1. The Morgan fingerprint density at radius 1 is 1.64 bits per heavy atom. The number of hydrogen-bond donors (Lipinski definition) is 2. The molecule has 0 amide bonds. The number of aliphatic hydroxyl groups excluding tert-OH is 1. The standard InChI is InChI=1S/C5H9NO.C5H10O2/c7-4-5-2-1-3-6-5;1-5(2,3)7-4-6/h1,3,5-7H,2,4H2;4H,1-3H3. The van der Waals surface area contributed by atoms with E-state index in [0.29, 0.717) is 12.5 Å². The topological polar surface area (TPSA) is 58.6 Å². The third-order valence-corrected chi connectivity index (χ3v) is 1.49. The number of nitrogens with one attached hydrogen (secondary N) is 1. The van der Waals surface area contributed by atoms with Gasteiger partial charge >= 0.3 is 0 Å². The molecular formula is C10H19NO3. The van der Waals surface area contributed by atoms with Gasteiger partial charge < -0.3 is 15.2 Å². The highest BCUT2D eigenvalue weighted by atomic mass is 16.5. The van der Waals surface area contributed by atoms with Crippen molar-refractivity contribution in [1.82, 2.24) is 5.32 Å². The van der Waals surface area contributed by atoms with E-state index in [0.717, 1.165) is 6.42 Å². The zero-order valence-corrected chi connectivity index (χ0v) is 8.99. The monoisotopic (exact) mass is 201 g/mol. The van der Waals surface area contributed by atoms with E-state index in [4.69, 9.17) is 5.11 Å². The van der Waals surface area contributed by atoms with Gasteiger partial charge in [-0.15, -0.1) is 0 Å².